The number of nitrogens with one attached hydrogen (secondary N) is 2. The Morgan fingerprint density at radius 1 is 1.08 bits per heavy atom. The van der Waals surface area contributed by atoms with Gasteiger partial charge in [0.15, 0.2) is 0 Å². The molecule has 1 unspecified atom stereocenters. The van der Waals surface area contributed by atoms with Crippen LogP contribution in [0.3, 0.4) is 0 Å². The summed E-state index contributed by atoms with van der Waals surface area (Å²) in [4.78, 5) is 47.3. The van der Waals surface area contributed by atoms with Crippen LogP contribution in [0.1, 0.15) is 36.0 Å². The fourth-order valence-electron chi connectivity index (χ4n) is 5.02. The van der Waals surface area contributed by atoms with Gasteiger partial charge < -0.3 is 24.6 Å². The van der Waals surface area contributed by atoms with Gasteiger partial charge in [-0.1, -0.05) is 30.3 Å². The molecule has 11 heteroatoms. The zero-order chi connectivity index (χ0) is 26.6. The Kier molecular flexibility index (Phi) is 7.54. The quantitative estimate of drug-likeness (QED) is 0.440. The second-order valence-corrected chi connectivity index (χ2v) is 9.82. The molecular weight excluding hydrogens is 504 g/mol. The van der Waals surface area contributed by atoms with Crippen molar-refractivity contribution in [2.75, 3.05) is 24.7 Å². The molecule has 2 aliphatic heterocycles. The molecule has 0 spiro atoms. The first-order chi connectivity index (χ1) is 18.4. The van der Waals surface area contributed by atoms with Gasteiger partial charge in [0, 0.05) is 31.1 Å². The lowest BCUT2D eigenvalue weighted by Crippen LogP contribution is -2.50. The third-order valence-corrected chi connectivity index (χ3v) is 7.30. The highest BCUT2D eigenvalue weighted by molar-refractivity contribution is 7.94. The normalized spacial score (nSPS) is 16.2. The average molecular weight is 535 g/mol. The Labute approximate surface area is 225 Å². The molecular formula is C27H30N6O4S. The number of hydrogen-bond donors (Lipinski definition) is 2. The van der Waals surface area contributed by atoms with Gasteiger partial charge in [0.1, 0.15) is 17.6 Å². The fraction of sp³-hybridized carbons (Fsp3) is 0.333. The Balaban J connectivity index is 1.22. The number of likely N-dealkylation sites (tertiary alicyclic amines) is 1. The van der Waals surface area contributed by atoms with Gasteiger partial charge in [0.25, 0.3) is 0 Å². The minimum Gasteiger partial charge on any atom is -0.426 e. The number of piperidine rings is 1. The van der Waals surface area contributed by atoms with Gasteiger partial charge in [0.2, 0.25) is 5.91 Å². The molecule has 1 saturated heterocycles. The van der Waals surface area contributed by atoms with E-state index in [1.165, 1.54) is 12.0 Å². The molecule has 0 aliphatic carbocycles. The van der Waals surface area contributed by atoms with Gasteiger partial charge in [-0.15, -0.1) is 0 Å². The highest BCUT2D eigenvalue weighted by Gasteiger charge is 2.37. The lowest BCUT2D eigenvalue weighted by molar-refractivity contribution is -0.134. The largest absolute Gasteiger partial charge is 0.426 e. The summed E-state index contributed by atoms with van der Waals surface area (Å²) in [5, 5.41) is 5.65. The van der Waals surface area contributed by atoms with E-state index in [1.54, 1.807) is 39.9 Å². The van der Waals surface area contributed by atoms with Crippen molar-refractivity contribution in [1.82, 2.24) is 24.7 Å². The van der Waals surface area contributed by atoms with E-state index in [4.69, 9.17) is 4.18 Å². The topological polar surface area (TPSA) is 109 Å². The van der Waals surface area contributed by atoms with E-state index in [9.17, 15) is 14.4 Å². The number of aryl methyl sites for hydroxylation is 1. The minimum atomic E-state index is -0.838. The van der Waals surface area contributed by atoms with Crippen molar-refractivity contribution in [2.45, 2.75) is 38.4 Å². The van der Waals surface area contributed by atoms with Crippen molar-refractivity contribution in [3.05, 3.63) is 77.9 Å². The van der Waals surface area contributed by atoms with Crippen LogP contribution in [0.15, 0.2) is 60.8 Å². The van der Waals surface area contributed by atoms with E-state index in [1.807, 2.05) is 48.4 Å². The molecule has 0 radical (unpaired) electrons. The summed E-state index contributed by atoms with van der Waals surface area (Å²) in [6.07, 6.45) is 4.92. The van der Waals surface area contributed by atoms with Gasteiger partial charge >= 0.3 is 12.1 Å². The van der Waals surface area contributed by atoms with E-state index in [2.05, 4.69) is 15.6 Å². The summed E-state index contributed by atoms with van der Waals surface area (Å²) in [6, 6.07) is 14.9. The predicted molar refractivity (Wildman–Crippen MR) is 145 cm³/mol. The highest BCUT2D eigenvalue weighted by atomic mass is 32.2. The maximum Gasteiger partial charge on any atom is 0.330 e. The number of amides is 4. The summed E-state index contributed by atoms with van der Waals surface area (Å²) >= 11 is 1.24. The Hall–Kier alpha value is -3.99. The Bertz CT molecular complexity index is 1300. The van der Waals surface area contributed by atoms with Crippen molar-refractivity contribution in [3.8, 4) is 5.75 Å². The zero-order valence-electron chi connectivity index (χ0n) is 21.3. The summed E-state index contributed by atoms with van der Waals surface area (Å²) in [7, 11) is 0. The van der Waals surface area contributed by atoms with Crippen LogP contribution in [0.5, 0.6) is 5.75 Å². The Morgan fingerprint density at radius 3 is 2.45 bits per heavy atom. The predicted octanol–water partition coefficient (Wildman–Crippen LogP) is 4.19. The number of anilines is 1. The van der Waals surface area contributed by atoms with Crippen molar-refractivity contribution in [1.29, 1.82) is 0 Å². The standard InChI is InChI=1S/C27H30N6O4S/c1-18-28-16-22-17-32(27(36)33(18)22)21-12-14-31(15-13-21)25(34)24(19-6-4-3-5-7-19)30-26(35)29-20-8-10-23(11-9-20)37-38-2/h3-11,16,21,24H,12-15,17H2,1-2H3,(H2,29,30,35). The molecule has 2 N–H and O–H groups in total. The molecule has 2 aliphatic rings. The molecule has 2 aromatic carbocycles. The molecule has 10 nitrogen and oxygen atoms in total. The SMILES string of the molecule is CSOc1ccc(NC(=O)NC(C(=O)N2CCC(N3Cc4cnc(C)n4C3=O)CC2)c2ccccc2)cc1. The molecule has 4 amide bonds. The summed E-state index contributed by atoms with van der Waals surface area (Å²) in [6.45, 7) is 3.37. The Morgan fingerprint density at radius 2 is 1.79 bits per heavy atom. The average Bonchev–Trinajstić information content (AvgIpc) is 3.48. The van der Waals surface area contributed by atoms with Crippen molar-refractivity contribution in [3.63, 3.8) is 0 Å². The van der Waals surface area contributed by atoms with Gasteiger partial charge in [-0.2, -0.15) is 0 Å². The molecule has 1 aromatic heterocycles. The highest BCUT2D eigenvalue weighted by Crippen LogP contribution is 2.27. The number of aromatic nitrogens is 2. The lowest BCUT2D eigenvalue weighted by Gasteiger charge is -2.37. The summed E-state index contributed by atoms with van der Waals surface area (Å²) in [5.74, 6) is 1.20. The van der Waals surface area contributed by atoms with Crippen molar-refractivity contribution in [2.24, 2.45) is 0 Å². The maximum absolute atomic E-state index is 13.6. The van der Waals surface area contributed by atoms with E-state index >= 15 is 0 Å². The van der Waals surface area contributed by atoms with Crippen LogP contribution in [0.25, 0.3) is 0 Å². The third kappa shape index (κ3) is 5.33. The molecule has 1 fully saturated rings. The van der Waals surface area contributed by atoms with Gasteiger partial charge in [-0.05, 0) is 49.6 Å². The molecule has 3 aromatic rings. The second-order valence-electron chi connectivity index (χ2n) is 9.32. The molecule has 3 heterocycles. The monoisotopic (exact) mass is 534 g/mol. The summed E-state index contributed by atoms with van der Waals surface area (Å²) < 4.78 is 7.02. The van der Waals surface area contributed by atoms with E-state index in [-0.39, 0.29) is 18.0 Å². The van der Waals surface area contributed by atoms with Crippen molar-refractivity contribution >= 4 is 35.7 Å². The van der Waals surface area contributed by atoms with Gasteiger partial charge in [0.05, 0.1) is 30.5 Å². The molecule has 0 bridgehead atoms. The first-order valence-electron chi connectivity index (χ1n) is 12.5. The number of nitrogens with zero attached hydrogens (tertiary/aromatic N) is 4. The zero-order valence-corrected chi connectivity index (χ0v) is 22.1. The fourth-order valence-corrected chi connectivity index (χ4v) is 5.33. The molecule has 1 atom stereocenters. The first-order valence-corrected chi connectivity index (χ1v) is 13.7. The number of benzene rings is 2. The molecule has 0 saturated carbocycles. The minimum absolute atomic E-state index is 0.0479. The smallest absolute Gasteiger partial charge is 0.330 e. The number of rotatable bonds is 7. The van der Waals surface area contributed by atoms with E-state index in [0.717, 1.165) is 5.69 Å². The number of hydrogen-bond acceptors (Lipinski definition) is 6. The van der Waals surface area contributed by atoms with Crippen LogP contribution in [-0.2, 0) is 11.3 Å². The first kappa shape index (κ1) is 25.7. The van der Waals surface area contributed by atoms with Crippen LogP contribution in [0.2, 0.25) is 0 Å². The summed E-state index contributed by atoms with van der Waals surface area (Å²) in [5.41, 5.74) is 2.19. The maximum atomic E-state index is 13.6. The van der Waals surface area contributed by atoms with Crippen molar-refractivity contribution < 1.29 is 18.6 Å². The van der Waals surface area contributed by atoms with Crippen LogP contribution >= 0.6 is 12.0 Å². The number of fused-ring (bicyclic) bond motifs is 1. The molecule has 198 valence electrons. The number of urea groups is 1. The van der Waals surface area contributed by atoms with E-state index < -0.39 is 12.1 Å². The van der Waals surface area contributed by atoms with Crippen LogP contribution in [0.4, 0.5) is 15.3 Å². The number of carbonyl (C=O) groups excluding carboxylic acids is 3. The third-order valence-electron chi connectivity index (χ3n) is 6.94. The lowest BCUT2D eigenvalue weighted by atomic mass is 10.0. The number of imidazole rings is 1. The molecule has 5 rings (SSSR count). The van der Waals surface area contributed by atoms with Gasteiger partial charge in [-0.25, -0.2) is 14.6 Å². The second kappa shape index (κ2) is 11.2. The van der Waals surface area contributed by atoms with Crippen LogP contribution < -0.4 is 14.8 Å². The van der Waals surface area contributed by atoms with Gasteiger partial charge in [-0.3, -0.25) is 9.36 Å². The number of carbonyl (C=O) groups is 3. The van der Waals surface area contributed by atoms with Crippen LogP contribution in [0, 0.1) is 6.92 Å². The molecule has 38 heavy (non-hydrogen) atoms. The van der Waals surface area contributed by atoms with E-state index in [0.29, 0.717) is 55.3 Å². The van der Waals surface area contributed by atoms with Crippen LogP contribution in [-0.4, -0.2) is 62.7 Å².